The Labute approximate surface area is 172 Å². The van der Waals surface area contributed by atoms with Crippen LogP contribution < -0.4 is 0 Å². The second kappa shape index (κ2) is 8.76. The monoisotopic (exact) mass is 404 g/mol. The highest BCUT2D eigenvalue weighted by molar-refractivity contribution is 7.99. The van der Waals surface area contributed by atoms with Gasteiger partial charge in [-0.1, -0.05) is 19.1 Å². The number of likely N-dealkylation sites (tertiary alicyclic amines) is 1. The lowest BCUT2D eigenvalue weighted by atomic mass is 10.1. The van der Waals surface area contributed by atoms with Gasteiger partial charge in [0.05, 0.1) is 11.6 Å². The molecule has 0 unspecified atom stereocenters. The van der Waals surface area contributed by atoms with E-state index in [0.29, 0.717) is 19.0 Å². The molecule has 1 aliphatic carbocycles. The molecule has 6 heteroatoms. The molecule has 0 bridgehead atoms. The van der Waals surface area contributed by atoms with Crippen molar-refractivity contribution in [2.75, 3.05) is 25.4 Å². The summed E-state index contributed by atoms with van der Waals surface area (Å²) >= 11 is 1.70. The lowest BCUT2D eigenvalue weighted by Gasteiger charge is -2.30. The van der Waals surface area contributed by atoms with Gasteiger partial charge in [-0.3, -0.25) is 4.79 Å². The van der Waals surface area contributed by atoms with E-state index in [9.17, 15) is 9.59 Å². The van der Waals surface area contributed by atoms with Gasteiger partial charge in [0.1, 0.15) is 5.60 Å². The number of rotatable bonds is 6. The summed E-state index contributed by atoms with van der Waals surface area (Å²) in [5.41, 5.74) is 0.278. The van der Waals surface area contributed by atoms with Crippen molar-refractivity contribution in [3.63, 3.8) is 0 Å². The largest absolute Gasteiger partial charge is 0.444 e. The van der Waals surface area contributed by atoms with E-state index >= 15 is 0 Å². The van der Waals surface area contributed by atoms with Crippen LogP contribution in [-0.2, 0) is 4.74 Å². The number of benzene rings is 1. The van der Waals surface area contributed by atoms with Crippen LogP contribution in [0.2, 0.25) is 0 Å². The van der Waals surface area contributed by atoms with E-state index in [2.05, 4.69) is 6.92 Å². The van der Waals surface area contributed by atoms with E-state index in [1.807, 2.05) is 49.9 Å². The van der Waals surface area contributed by atoms with Gasteiger partial charge in [-0.15, -0.1) is 11.8 Å². The van der Waals surface area contributed by atoms with Gasteiger partial charge in [-0.05, 0) is 63.8 Å². The predicted molar refractivity (Wildman–Crippen MR) is 113 cm³/mol. The molecule has 2 amide bonds. The standard InChI is InChI=1S/C22H32N2O3S/c1-5-28-19-9-7-6-8-18(19)20(25)24(14-16-10-11-16)17-12-13-23(15-17)21(26)27-22(2,3)4/h6-9,16-17H,5,10-15H2,1-4H3/t17-/m0/s1. The van der Waals surface area contributed by atoms with Crippen LogP contribution in [-0.4, -0.2) is 58.8 Å². The second-order valence-electron chi connectivity index (χ2n) is 8.70. The van der Waals surface area contributed by atoms with Crippen LogP contribution in [0.5, 0.6) is 0 Å². The number of ether oxygens (including phenoxy) is 1. The summed E-state index contributed by atoms with van der Waals surface area (Å²) in [6, 6.07) is 7.93. The maximum Gasteiger partial charge on any atom is 0.410 e. The van der Waals surface area contributed by atoms with Crippen molar-refractivity contribution in [1.29, 1.82) is 0 Å². The molecule has 1 aromatic carbocycles. The minimum atomic E-state index is -0.505. The van der Waals surface area contributed by atoms with Crippen LogP contribution in [0.25, 0.3) is 0 Å². The fraction of sp³-hybridized carbons (Fsp3) is 0.636. The number of hydrogen-bond acceptors (Lipinski definition) is 4. The average Bonchev–Trinajstić information content (AvgIpc) is 3.32. The lowest BCUT2D eigenvalue weighted by molar-refractivity contribution is 0.0274. The van der Waals surface area contributed by atoms with Gasteiger partial charge in [0.25, 0.3) is 5.91 Å². The molecule has 1 aromatic rings. The summed E-state index contributed by atoms with van der Waals surface area (Å²) in [6.45, 7) is 9.72. The average molecular weight is 405 g/mol. The summed E-state index contributed by atoms with van der Waals surface area (Å²) in [4.78, 5) is 30.7. The lowest BCUT2D eigenvalue weighted by Crippen LogP contribution is -2.44. The van der Waals surface area contributed by atoms with Crippen LogP contribution in [0.3, 0.4) is 0 Å². The van der Waals surface area contributed by atoms with E-state index in [4.69, 9.17) is 4.74 Å². The van der Waals surface area contributed by atoms with Crippen LogP contribution in [0.4, 0.5) is 4.79 Å². The molecule has 1 saturated carbocycles. The van der Waals surface area contributed by atoms with Crippen molar-refractivity contribution in [3.8, 4) is 0 Å². The first-order valence-electron chi connectivity index (χ1n) is 10.3. The third kappa shape index (κ3) is 5.43. The van der Waals surface area contributed by atoms with Crippen LogP contribution in [0.15, 0.2) is 29.2 Å². The Morgan fingerprint density at radius 2 is 1.93 bits per heavy atom. The second-order valence-corrected chi connectivity index (χ2v) is 10.0. The van der Waals surface area contributed by atoms with Crippen LogP contribution in [0.1, 0.15) is 57.3 Å². The zero-order chi connectivity index (χ0) is 20.3. The molecule has 1 saturated heterocycles. The number of nitrogens with zero attached hydrogens (tertiary/aromatic N) is 2. The maximum atomic E-state index is 13.5. The van der Waals surface area contributed by atoms with E-state index < -0.39 is 5.60 Å². The van der Waals surface area contributed by atoms with Crippen molar-refractivity contribution in [2.24, 2.45) is 5.92 Å². The fourth-order valence-corrected chi connectivity index (χ4v) is 4.34. The molecule has 5 nitrogen and oxygen atoms in total. The Morgan fingerprint density at radius 3 is 2.57 bits per heavy atom. The fourth-order valence-electron chi connectivity index (χ4n) is 3.54. The summed E-state index contributed by atoms with van der Waals surface area (Å²) in [7, 11) is 0. The number of thioether (sulfide) groups is 1. The first kappa shape index (κ1) is 21.0. The quantitative estimate of drug-likeness (QED) is 0.647. The predicted octanol–water partition coefficient (Wildman–Crippen LogP) is 4.66. The van der Waals surface area contributed by atoms with Gasteiger partial charge < -0.3 is 14.5 Å². The molecule has 0 spiro atoms. The van der Waals surface area contributed by atoms with Crippen molar-refractivity contribution >= 4 is 23.8 Å². The summed E-state index contributed by atoms with van der Waals surface area (Å²) < 4.78 is 5.52. The summed E-state index contributed by atoms with van der Waals surface area (Å²) in [5.74, 6) is 1.63. The molecule has 28 heavy (non-hydrogen) atoms. The Bertz CT molecular complexity index is 712. The molecule has 1 heterocycles. The molecule has 1 atom stereocenters. The summed E-state index contributed by atoms with van der Waals surface area (Å²) in [6.07, 6.45) is 2.91. The van der Waals surface area contributed by atoms with Crippen LogP contribution in [0, 0.1) is 5.92 Å². The van der Waals surface area contributed by atoms with Gasteiger partial charge in [-0.25, -0.2) is 4.79 Å². The number of carbonyl (C=O) groups excluding carboxylic acids is 2. The molecule has 3 rings (SSSR count). The maximum absolute atomic E-state index is 13.5. The Hall–Kier alpha value is -1.69. The highest BCUT2D eigenvalue weighted by atomic mass is 32.2. The molecule has 1 aliphatic heterocycles. The van der Waals surface area contributed by atoms with E-state index in [0.717, 1.165) is 29.2 Å². The van der Waals surface area contributed by atoms with Crippen molar-refractivity contribution in [3.05, 3.63) is 29.8 Å². The van der Waals surface area contributed by atoms with Gasteiger partial charge in [0, 0.05) is 24.5 Å². The van der Waals surface area contributed by atoms with Gasteiger partial charge in [0.2, 0.25) is 0 Å². The van der Waals surface area contributed by atoms with Gasteiger partial charge in [-0.2, -0.15) is 0 Å². The Kier molecular flexibility index (Phi) is 6.58. The Balaban J connectivity index is 1.74. The number of hydrogen-bond donors (Lipinski definition) is 0. The van der Waals surface area contributed by atoms with E-state index in [1.165, 1.54) is 12.8 Å². The third-order valence-corrected chi connectivity index (χ3v) is 6.04. The zero-order valence-electron chi connectivity index (χ0n) is 17.4. The zero-order valence-corrected chi connectivity index (χ0v) is 18.3. The van der Waals surface area contributed by atoms with E-state index in [-0.39, 0.29) is 18.0 Å². The topological polar surface area (TPSA) is 49.9 Å². The van der Waals surface area contributed by atoms with Crippen molar-refractivity contribution in [2.45, 2.75) is 63.5 Å². The van der Waals surface area contributed by atoms with Crippen LogP contribution >= 0.6 is 11.8 Å². The highest BCUT2D eigenvalue weighted by Gasteiger charge is 2.38. The Morgan fingerprint density at radius 1 is 1.21 bits per heavy atom. The first-order chi connectivity index (χ1) is 13.3. The van der Waals surface area contributed by atoms with E-state index in [1.54, 1.807) is 16.7 Å². The third-order valence-electron chi connectivity index (χ3n) is 5.09. The molecule has 2 aliphatic rings. The van der Waals surface area contributed by atoms with Crippen molar-refractivity contribution in [1.82, 2.24) is 9.80 Å². The highest BCUT2D eigenvalue weighted by Crippen LogP contribution is 2.33. The number of carbonyl (C=O) groups is 2. The summed E-state index contributed by atoms with van der Waals surface area (Å²) in [5, 5.41) is 0. The first-order valence-corrected chi connectivity index (χ1v) is 11.3. The normalized spacial score (nSPS) is 19.6. The smallest absolute Gasteiger partial charge is 0.410 e. The molecule has 2 fully saturated rings. The molecular formula is C22H32N2O3S. The van der Waals surface area contributed by atoms with Gasteiger partial charge >= 0.3 is 6.09 Å². The molecular weight excluding hydrogens is 372 g/mol. The number of amides is 2. The van der Waals surface area contributed by atoms with Gasteiger partial charge in [0.15, 0.2) is 0 Å². The minimum absolute atomic E-state index is 0.0558. The van der Waals surface area contributed by atoms with Crippen molar-refractivity contribution < 1.29 is 14.3 Å². The minimum Gasteiger partial charge on any atom is -0.444 e. The molecule has 0 radical (unpaired) electrons. The molecule has 0 aromatic heterocycles. The molecule has 154 valence electrons. The molecule has 0 N–H and O–H groups in total. The SMILES string of the molecule is CCSc1ccccc1C(=O)N(CC1CC1)[C@H]1CCN(C(=O)OC(C)(C)C)C1.